The summed E-state index contributed by atoms with van der Waals surface area (Å²) < 4.78 is 0. The Morgan fingerprint density at radius 2 is 1.94 bits per heavy atom. The molecule has 0 saturated carbocycles. The number of aliphatic hydroxyl groups excluding tert-OH is 1. The molecular weight excluding hydrogens is 222 g/mol. The van der Waals surface area contributed by atoms with E-state index in [0.29, 0.717) is 6.04 Å². The van der Waals surface area contributed by atoms with Gasteiger partial charge in [-0.3, -0.25) is 0 Å². The van der Waals surface area contributed by atoms with Crippen LogP contribution in [0.15, 0.2) is 30.3 Å². The second-order valence-electron chi connectivity index (χ2n) is 5.00. The molecule has 0 aromatic heterocycles. The minimum absolute atomic E-state index is 0.187. The Morgan fingerprint density at radius 3 is 2.50 bits per heavy atom. The van der Waals surface area contributed by atoms with E-state index in [9.17, 15) is 5.11 Å². The topological polar surface area (TPSA) is 32.3 Å². The average Bonchev–Trinajstić information content (AvgIpc) is 2.92. The van der Waals surface area contributed by atoms with Crippen molar-refractivity contribution >= 4 is 0 Å². The minimum atomic E-state index is -0.187. The summed E-state index contributed by atoms with van der Waals surface area (Å²) in [6.45, 7) is 5.31. The second kappa shape index (κ2) is 9.12. The van der Waals surface area contributed by atoms with Crippen molar-refractivity contribution < 1.29 is 5.11 Å². The maximum absolute atomic E-state index is 9.95. The summed E-state index contributed by atoms with van der Waals surface area (Å²) in [6.07, 6.45) is 5.22. The normalized spacial score (nSPS) is 20.1. The maximum atomic E-state index is 9.95. The lowest BCUT2D eigenvalue weighted by molar-refractivity contribution is 0.127. The van der Waals surface area contributed by atoms with E-state index in [0.717, 1.165) is 25.8 Å². The van der Waals surface area contributed by atoms with Crippen LogP contribution >= 0.6 is 0 Å². The number of nitrogens with one attached hydrogen (secondary N) is 1. The fraction of sp³-hybridized carbons (Fsp3) is 0.625. The van der Waals surface area contributed by atoms with Crippen LogP contribution in [0.25, 0.3) is 0 Å². The Labute approximate surface area is 111 Å². The van der Waals surface area contributed by atoms with Gasteiger partial charge in [0.25, 0.3) is 0 Å². The summed E-state index contributed by atoms with van der Waals surface area (Å²) in [6, 6.07) is 10.7. The van der Waals surface area contributed by atoms with Crippen molar-refractivity contribution in [2.24, 2.45) is 0 Å². The van der Waals surface area contributed by atoms with E-state index in [1.54, 1.807) is 0 Å². The molecular formula is C16H27NO. The largest absolute Gasteiger partial charge is 0.391 e. The van der Waals surface area contributed by atoms with Gasteiger partial charge in [-0.2, -0.15) is 0 Å². The molecule has 2 nitrogen and oxygen atoms in total. The number of aryl methyl sites for hydroxylation is 1. The highest BCUT2D eigenvalue weighted by Crippen LogP contribution is 2.14. The first-order valence-corrected chi connectivity index (χ1v) is 7.23. The fourth-order valence-corrected chi connectivity index (χ4v) is 2.20. The van der Waals surface area contributed by atoms with Crippen LogP contribution in [-0.2, 0) is 6.42 Å². The molecule has 2 heteroatoms. The first kappa shape index (κ1) is 15.2. The number of benzene rings is 1. The van der Waals surface area contributed by atoms with E-state index in [-0.39, 0.29) is 6.10 Å². The zero-order valence-corrected chi connectivity index (χ0v) is 11.7. The van der Waals surface area contributed by atoms with Gasteiger partial charge in [0.1, 0.15) is 0 Å². The molecule has 1 aromatic carbocycles. The summed E-state index contributed by atoms with van der Waals surface area (Å²) in [7, 11) is 0. The molecule has 0 bridgehead atoms. The smallest absolute Gasteiger partial charge is 0.0696 e. The zero-order valence-electron chi connectivity index (χ0n) is 11.7. The second-order valence-corrected chi connectivity index (χ2v) is 5.00. The van der Waals surface area contributed by atoms with Crippen LogP contribution in [0.2, 0.25) is 0 Å². The summed E-state index contributed by atoms with van der Waals surface area (Å²) in [5, 5.41) is 13.3. The minimum Gasteiger partial charge on any atom is -0.391 e. The number of hydrogen-bond acceptors (Lipinski definition) is 2. The molecule has 0 amide bonds. The highest BCUT2D eigenvalue weighted by atomic mass is 16.3. The fourth-order valence-electron chi connectivity index (χ4n) is 2.20. The first-order chi connectivity index (χ1) is 8.77. The van der Waals surface area contributed by atoms with Gasteiger partial charge >= 0.3 is 0 Å². The number of aliphatic hydroxyl groups is 1. The van der Waals surface area contributed by atoms with Crippen molar-refractivity contribution in [3.63, 3.8) is 0 Å². The predicted octanol–water partition coefficient (Wildman–Crippen LogP) is 3.15. The molecule has 2 N–H and O–H groups in total. The third kappa shape index (κ3) is 5.65. The molecule has 1 aromatic rings. The van der Waals surface area contributed by atoms with Crippen LogP contribution in [0.3, 0.4) is 0 Å². The monoisotopic (exact) mass is 249 g/mol. The molecule has 1 saturated heterocycles. The van der Waals surface area contributed by atoms with Crippen LogP contribution in [-0.4, -0.2) is 23.8 Å². The molecule has 2 rings (SSSR count). The van der Waals surface area contributed by atoms with E-state index in [1.165, 1.54) is 18.4 Å². The SMILES string of the molecule is CCC.OC(CCc1ccccc1)[C@@H]1CCCN1. The van der Waals surface area contributed by atoms with Crippen LogP contribution in [0.1, 0.15) is 45.1 Å². The summed E-state index contributed by atoms with van der Waals surface area (Å²) in [4.78, 5) is 0. The van der Waals surface area contributed by atoms with Crippen LogP contribution in [0, 0.1) is 0 Å². The Kier molecular flexibility index (Phi) is 7.70. The van der Waals surface area contributed by atoms with Crippen LogP contribution in [0.4, 0.5) is 0 Å². The van der Waals surface area contributed by atoms with Gasteiger partial charge in [0.2, 0.25) is 0 Å². The lowest BCUT2D eigenvalue weighted by atomic mass is 10.0. The van der Waals surface area contributed by atoms with Crippen molar-refractivity contribution in [1.82, 2.24) is 5.32 Å². The van der Waals surface area contributed by atoms with E-state index in [2.05, 4.69) is 43.4 Å². The third-order valence-corrected chi connectivity index (χ3v) is 3.13. The standard InChI is InChI=1S/C13H19NO.C3H8/c15-13(12-7-4-10-14-12)9-8-11-5-2-1-3-6-11;1-3-2/h1-3,5-6,12-15H,4,7-10H2;3H2,1-2H3/t12-,13?;/m0./s1. The molecule has 1 unspecified atom stereocenters. The quantitative estimate of drug-likeness (QED) is 0.859. The predicted molar refractivity (Wildman–Crippen MR) is 77.8 cm³/mol. The molecule has 102 valence electrons. The Morgan fingerprint density at radius 1 is 1.28 bits per heavy atom. The van der Waals surface area contributed by atoms with E-state index in [4.69, 9.17) is 0 Å². The van der Waals surface area contributed by atoms with Crippen LogP contribution in [0.5, 0.6) is 0 Å². The van der Waals surface area contributed by atoms with E-state index >= 15 is 0 Å². The Balaban J connectivity index is 0.000000492. The number of rotatable bonds is 4. The molecule has 1 fully saturated rings. The highest BCUT2D eigenvalue weighted by molar-refractivity contribution is 5.14. The van der Waals surface area contributed by atoms with Gasteiger partial charge in [-0.05, 0) is 37.8 Å². The summed E-state index contributed by atoms with van der Waals surface area (Å²) in [5.41, 5.74) is 1.31. The molecule has 18 heavy (non-hydrogen) atoms. The van der Waals surface area contributed by atoms with Crippen molar-refractivity contribution in [2.45, 2.75) is 58.1 Å². The van der Waals surface area contributed by atoms with Crippen molar-refractivity contribution in [2.75, 3.05) is 6.54 Å². The van der Waals surface area contributed by atoms with Crippen LogP contribution < -0.4 is 5.32 Å². The Bertz CT molecular complexity index is 293. The number of hydrogen-bond donors (Lipinski definition) is 2. The average molecular weight is 249 g/mol. The molecule has 0 radical (unpaired) electrons. The van der Waals surface area contributed by atoms with Gasteiger partial charge < -0.3 is 10.4 Å². The van der Waals surface area contributed by atoms with E-state index < -0.39 is 0 Å². The molecule has 2 atom stereocenters. The van der Waals surface area contributed by atoms with Crippen molar-refractivity contribution in [1.29, 1.82) is 0 Å². The molecule has 0 spiro atoms. The Hall–Kier alpha value is -0.860. The van der Waals surface area contributed by atoms with Gasteiger partial charge in [0.15, 0.2) is 0 Å². The van der Waals surface area contributed by atoms with Gasteiger partial charge in [0.05, 0.1) is 6.10 Å². The van der Waals surface area contributed by atoms with E-state index in [1.807, 2.05) is 6.07 Å². The van der Waals surface area contributed by atoms with Gasteiger partial charge in [-0.1, -0.05) is 50.6 Å². The summed E-state index contributed by atoms with van der Waals surface area (Å²) in [5.74, 6) is 0. The molecule has 1 aliphatic rings. The van der Waals surface area contributed by atoms with Gasteiger partial charge in [0, 0.05) is 6.04 Å². The molecule has 0 aliphatic carbocycles. The van der Waals surface area contributed by atoms with Gasteiger partial charge in [-0.25, -0.2) is 0 Å². The first-order valence-electron chi connectivity index (χ1n) is 7.23. The lowest BCUT2D eigenvalue weighted by Gasteiger charge is -2.17. The van der Waals surface area contributed by atoms with Gasteiger partial charge in [-0.15, -0.1) is 0 Å². The third-order valence-electron chi connectivity index (χ3n) is 3.13. The summed E-state index contributed by atoms with van der Waals surface area (Å²) >= 11 is 0. The van der Waals surface area contributed by atoms with Crippen molar-refractivity contribution in [3.8, 4) is 0 Å². The highest BCUT2D eigenvalue weighted by Gasteiger charge is 2.21. The van der Waals surface area contributed by atoms with Crippen molar-refractivity contribution in [3.05, 3.63) is 35.9 Å². The zero-order chi connectivity index (χ0) is 13.2. The molecule has 1 heterocycles. The molecule has 1 aliphatic heterocycles. The maximum Gasteiger partial charge on any atom is 0.0696 e. The lowest BCUT2D eigenvalue weighted by Crippen LogP contribution is -2.34.